The van der Waals surface area contributed by atoms with E-state index in [0.717, 1.165) is 11.4 Å². The van der Waals surface area contributed by atoms with Gasteiger partial charge in [0.25, 0.3) is 5.91 Å². The monoisotopic (exact) mass is 335 g/mol. The topological polar surface area (TPSA) is 49.8 Å². The average molecular weight is 336 g/mol. The van der Waals surface area contributed by atoms with E-state index >= 15 is 0 Å². The molecular formula is C15H14BrNO3. The van der Waals surface area contributed by atoms with Gasteiger partial charge in [0.2, 0.25) is 0 Å². The molecule has 0 aliphatic carbocycles. The van der Waals surface area contributed by atoms with E-state index in [1.807, 2.05) is 0 Å². The van der Waals surface area contributed by atoms with Crippen molar-refractivity contribution in [1.82, 2.24) is 0 Å². The van der Waals surface area contributed by atoms with Crippen molar-refractivity contribution in [3.63, 3.8) is 0 Å². The molecule has 0 spiro atoms. The molecule has 104 valence electrons. The second-order valence-electron chi connectivity index (χ2n) is 4.23. The summed E-state index contributed by atoms with van der Waals surface area (Å²) in [7, 11) is 3.28. The highest BCUT2D eigenvalue weighted by molar-refractivity contribution is 9.10. The summed E-state index contributed by atoms with van der Waals surface area (Å²) in [4.78, 5) is 13.8. The van der Waals surface area contributed by atoms with Crippen LogP contribution in [-0.2, 0) is 0 Å². The fourth-order valence-corrected chi connectivity index (χ4v) is 2.01. The Morgan fingerprint density at radius 1 is 1.20 bits per heavy atom. The molecule has 2 aromatic carbocycles. The number of aromatic hydroxyl groups is 1. The zero-order valence-electron chi connectivity index (χ0n) is 11.1. The van der Waals surface area contributed by atoms with Gasteiger partial charge in [0.1, 0.15) is 11.5 Å². The Labute approximate surface area is 125 Å². The number of phenolic OH excluding ortho intramolecular Hbond substituents is 1. The zero-order valence-corrected chi connectivity index (χ0v) is 12.7. The van der Waals surface area contributed by atoms with Crippen molar-refractivity contribution in [3.8, 4) is 11.5 Å². The Bertz CT molecular complexity index is 626. The summed E-state index contributed by atoms with van der Waals surface area (Å²) in [6.07, 6.45) is 0. The molecule has 0 atom stereocenters. The fraction of sp³-hybridized carbons (Fsp3) is 0.133. The molecule has 20 heavy (non-hydrogen) atoms. The third-order valence-corrected chi connectivity index (χ3v) is 3.63. The lowest BCUT2D eigenvalue weighted by Gasteiger charge is -2.18. The summed E-state index contributed by atoms with van der Waals surface area (Å²) in [6.45, 7) is 0. The summed E-state index contributed by atoms with van der Waals surface area (Å²) in [6, 6.07) is 11.9. The van der Waals surface area contributed by atoms with Crippen LogP contribution in [0.2, 0.25) is 0 Å². The van der Waals surface area contributed by atoms with Crippen molar-refractivity contribution in [2.45, 2.75) is 0 Å². The van der Waals surface area contributed by atoms with Crippen LogP contribution in [0.5, 0.6) is 11.5 Å². The van der Waals surface area contributed by atoms with Gasteiger partial charge in [-0.3, -0.25) is 4.79 Å². The Morgan fingerprint density at radius 3 is 2.40 bits per heavy atom. The maximum Gasteiger partial charge on any atom is 0.258 e. The molecule has 2 aromatic rings. The molecule has 2 rings (SSSR count). The van der Waals surface area contributed by atoms with E-state index in [0.29, 0.717) is 10.0 Å². The molecule has 0 heterocycles. The SMILES string of the molecule is COc1ccc(N(C)C(=O)c2ccc(Br)c(O)c2)cc1. The third kappa shape index (κ3) is 2.93. The van der Waals surface area contributed by atoms with E-state index in [-0.39, 0.29) is 11.7 Å². The van der Waals surface area contributed by atoms with Gasteiger partial charge in [-0.15, -0.1) is 0 Å². The largest absolute Gasteiger partial charge is 0.507 e. The average Bonchev–Trinajstić information content (AvgIpc) is 2.48. The van der Waals surface area contributed by atoms with Gasteiger partial charge in [0, 0.05) is 18.3 Å². The number of hydrogen-bond acceptors (Lipinski definition) is 3. The number of carbonyl (C=O) groups is 1. The maximum atomic E-state index is 12.3. The summed E-state index contributed by atoms with van der Waals surface area (Å²) < 4.78 is 5.64. The minimum atomic E-state index is -0.196. The summed E-state index contributed by atoms with van der Waals surface area (Å²) in [5, 5.41) is 9.64. The zero-order chi connectivity index (χ0) is 14.7. The highest BCUT2D eigenvalue weighted by Gasteiger charge is 2.14. The van der Waals surface area contributed by atoms with Crippen molar-refractivity contribution < 1.29 is 14.6 Å². The predicted molar refractivity (Wildman–Crippen MR) is 81.5 cm³/mol. The number of carbonyl (C=O) groups excluding carboxylic acids is 1. The van der Waals surface area contributed by atoms with Crippen LogP contribution in [0, 0.1) is 0 Å². The van der Waals surface area contributed by atoms with Crippen LogP contribution >= 0.6 is 15.9 Å². The van der Waals surface area contributed by atoms with E-state index in [4.69, 9.17) is 4.74 Å². The van der Waals surface area contributed by atoms with Crippen LogP contribution in [0.4, 0.5) is 5.69 Å². The normalized spacial score (nSPS) is 10.2. The van der Waals surface area contributed by atoms with E-state index in [9.17, 15) is 9.90 Å². The first-order chi connectivity index (χ1) is 9.52. The highest BCUT2D eigenvalue weighted by Crippen LogP contribution is 2.26. The first-order valence-corrected chi connectivity index (χ1v) is 6.73. The van der Waals surface area contributed by atoms with Crippen LogP contribution in [0.25, 0.3) is 0 Å². The first-order valence-electron chi connectivity index (χ1n) is 5.93. The van der Waals surface area contributed by atoms with Crippen molar-refractivity contribution >= 4 is 27.5 Å². The van der Waals surface area contributed by atoms with Crippen LogP contribution in [-0.4, -0.2) is 25.2 Å². The Morgan fingerprint density at radius 2 is 1.85 bits per heavy atom. The molecule has 0 aromatic heterocycles. The number of benzene rings is 2. The van der Waals surface area contributed by atoms with Crippen LogP contribution in [0.15, 0.2) is 46.9 Å². The molecule has 0 aliphatic heterocycles. The lowest BCUT2D eigenvalue weighted by Crippen LogP contribution is -2.26. The minimum Gasteiger partial charge on any atom is -0.507 e. The molecule has 0 radical (unpaired) electrons. The van der Waals surface area contributed by atoms with Crippen molar-refractivity contribution in [2.24, 2.45) is 0 Å². The van der Waals surface area contributed by atoms with Gasteiger partial charge in [0.15, 0.2) is 0 Å². The molecule has 0 saturated carbocycles. The molecule has 0 bridgehead atoms. The van der Waals surface area contributed by atoms with Crippen LogP contribution in [0.1, 0.15) is 10.4 Å². The number of hydrogen-bond donors (Lipinski definition) is 1. The third-order valence-electron chi connectivity index (χ3n) is 2.96. The Balaban J connectivity index is 2.24. The Hall–Kier alpha value is -2.01. The first kappa shape index (κ1) is 14.4. The summed E-state index contributed by atoms with van der Waals surface area (Å²) in [5.74, 6) is 0.577. The van der Waals surface area contributed by atoms with E-state index in [2.05, 4.69) is 15.9 Å². The second kappa shape index (κ2) is 5.96. The van der Waals surface area contributed by atoms with Gasteiger partial charge in [-0.05, 0) is 58.4 Å². The van der Waals surface area contributed by atoms with E-state index in [1.54, 1.807) is 50.6 Å². The standard InChI is InChI=1S/C15H14BrNO3/c1-17(11-4-6-12(20-2)7-5-11)15(19)10-3-8-13(16)14(18)9-10/h3-9,18H,1-2H3. The molecule has 4 nitrogen and oxygen atoms in total. The molecular weight excluding hydrogens is 322 g/mol. The minimum absolute atomic E-state index is 0.0407. The quantitative estimate of drug-likeness (QED) is 0.934. The van der Waals surface area contributed by atoms with Crippen molar-refractivity contribution in [2.75, 3.05) is 19.1 Å². The number of halogens is 1. The summed E-state index contributed by atoms with van der Waals surface area (Å²) in [5.41, 5.74) is 1.17. The number of methoxy groups -OCH3 is 1. The molecule has 5 heteroatoms. The predicted octanol–water partition coefficient (Wildman–Crippen LogP) is 3.44. The second-order valence-corrected chi connectivity index (χ2v) is 5.08. The molecule has 0 saturated heterocycles. The molecule has 1 amide bonds. The van der Waals surface area contributed by atoms with Gasteiger partial charge in [-0.1, -0.05) is 0 Å². The van der Waals surface area contributed by atoms with Crippen LogP contribution in [0.3, 0.4) is 0 Å². The summed E-state index contributed by atoms with van der Waals surface area (Å²) >= 11 is 3.19. The molecule has 0 aliphatic rings. The number of anilines is 1. The van der Waals surface area contributed by atoms with Crippen molar-refractivity contribution in [1.29, 1.82) is 0 Å². The number of ether oxygens (including phenoxy) is 1. The lowest BCUT2D eigenvalue weighted by molar-refractivity contribution is 0.0992. The van der Waals surface area contributed by atoms with Gasteiger partial charge in [-0.25, -0.2) is 0 Å². The lowest BCUT2D eigenvalue weighted by atomic mass is 10.1. The number of rotatable bonds is 3. The van der Waals surface area contributed by atoms with Crippen LogP contribution < -0.4 is 9.64 Å². The molecule has 0 unspecified atom stereocenters. The van der Waals surface area contributed by atoms with Crippen molar-refractivity contribution in [3.05, 3.63) is 52.5 Å². The fourth-order valence-electron chi connectivity index (χ4n) is 1.76. The van der Waals surface area contributed by atoms with E-state index < -0.39 is 0 Å². The van der Waals surface area contributed by atoms with Gasteiger partial charge < -0.3 is 14.7 Å². The van der Waals surface area contributed by atoms with E-state index in [1.165, 1.54) is 11.0 Å². The number of amides is 1. The van der Waals surface area contributed by atoms with Gasteiger partial charge in [-0.2, -0.15) is 0 Å². The molecule has 0 fully saturated rings. The number of phenols is 1. The van der Waals surface area contributed by atoms with Gasteiger partial charge in [0.05, 0.1) is 11.6 Å². The number of nitrogens with zero attached hydrogens (tertiary/aromatic N) is 1. The van der Waals surface area contributed by atoms with Gasteiger partial charge >= 0.3 is 0 Å². The maximum absolute atomic E-state index is 12.3. The highest BCUT2D eigenvalue weighted by atomic mass is 79.9. The Kier molecular flexibility index (Phi) is 4.29. The molecule has 1 N–H and O–H groups in total. The smallest absolute Gasteiger partial charge is 0.258 e.